The second-order valence-corrected chi connectivity index (χ2v) is 5.46. The van der Waals surface area contributed by atoms with Gasteiger partial charge >= 0.3 is 0 Å². The molecule has 0 fully saturated rings. The molecule has 0 saturated heterocycles. The first kappa shape index (κ1) is 13.0. The summed E-state index contributed by atoms with van der Waals surface area (Å²) in [5.41, 5.74) is 3.86. The molecule has 22 heavy (non-hydrogen) atoms. The minimum atomic E-state index is 0.656. The van der Waals surface area contributed by atoms with Crippen LogP contribution in [0.15, 0.2) is 72.9 Å². The van der Waals surface area contributed by atoms with Crippen molar-refractivity contribution < 1.29 is 0 Å². The molecule has 2 aromatic heterocycles. The van der Waals surface area contributed by atoms with Crippen LogP contribution in [0.3, 0.4) is 0 Å². The second-order valence-electron chi connectivity index (χ2n) is 5.02. The molecule has 4 rings (SSSR count). The predicted octanol–water partition coefficient (Wildman–Crippen LogP) is 4.72. The molecule has 2 aromatic carbocycles. The molecular weight excluding hydrogens is 294 g/mol. The SMILES string of the molecule is Clc1cc(-c2ccccc2)c2nnc(-c3ccccc3)n2c1. The molecule has 0 atom stereocenters. The van der Waals surface area contributed by atoms with Crippen molar-refractivity contribution in [2.24, 2.45) is 0 Å². The summed E-state index contributed by atoms with van der Waals surface area (Å²) in [6.07, 6.45) is 1.85. The molecular formula is C18H12ClN3. The van der Waals surface area contributed by atoms with Gasteiger partial charge in [0, 0.05) is 17.3 Å². The van der Waals surface area contributed by atoms with Crippen molar-refractivity contribution in [3.05, 3.63) is 77.9 Å². The Labute approximate surface area is 132 Å². The lowest BCUT2D eigenvalue weighted by atomic mass is 10.1. The van der Waals surface area contributed by atoms with Gasteiger partial charge in [0.15, 0.2) is 11.5 Å². The zero-order valence-corrected chi connectivity index (χ0v) is 12.4. The molecule has 0 aliphatic carbocycles. The Balaban J connectivity index is 2.00. The molecule has 0 amide bonds. The van der Waals surface area contributed by atoms with Gasteiger partial charge in [-0.05, 0) is 11.6 Å². The Bertz CT molecular complexity index is 931. The van der Waals surface area contributed by atoms with Crippen molar-refractivity contribution in [1.82, 2.24) is 14.6 Å². The van der Waals surface area contributed by atoms with Crippen molar-refractivity contribution >= 4 is 17.2 Å². The largest absolute Gasteiger partial charge is 0.280 e. The third kappa shape index (κ3) is 2.16. The van der Waals surface area contributed by atoms with E-state index in [1.807, 2.05) is 77.3 Å². The molecule has 0 N–H and O–H groups in total. The fraction of sp³-hybridized carbons (Fsp3) is 0. The fourth-order valence-corrected chi connectivity index (χ4v) is 2.78. The molecule has 106 valence electrons. The van der Waals surface area contributed by atoms with Gasteiger partial charge in [0.1, 0.15) is 0 Å². The van der Waals surface area contributed by atoms with Crippen LogP contribution in [0.1, 0.15) is 0 Å². The Morgan fingerprint density at radius 1 is 0.773 bits per heavy atom. The maximum atomic E-state index is 6.31. The summed E-state index contributed by atoms with van der Waals surface area (Å²) in [5.74, 6) is 0.787. The highest BCUT2D eigenvalue weighted by Gasteiger charge is 2.13. The first-order chi connectivity index (χ1) is 10.8. The number of fused-ring (bicyclic) bond motifs is 1. The van der Waals surface area contributed by atoms with Gasteiger partial charge < -0.3 is 0 Å². The molecule has 0 radical (unpaired) electrons. The summed E-state index contributed by atoms with van der Waals surface area (Å²) in [6, 6.07) is 22.0. The van der Waals surface area contributed by atoms with Gasteiger partial charge in [0.05, 0.1) is 5.02 Å². The smallest absolute Gasteiger partial charge is 0.169 e. The Morgan fingerprint density at radius 2 is 1.41 bits per heavy atom. The quantitative estimate of drug-likeness (QED) is 0.536. The van der Waals surface area contributed by atoms with E-state index in [0.29, 0.717) is 5.02 Å². The summed E-state index contributed by atoms with van der Waals surface area (Å²) >= 11 is 6.31. The van der Waals surface area contributed by atoms with E-state index >= 15 is 0 Å². The van der Waals surface area contributed by atoms with Gasteiger partial charge in [-0.1, -0.05) is 72.3 Å². The van der Waals surface area contributed by atoms with E-state index in [1.165, 1.54) is 0 Å². The summed E-state index contributed by atoms with van der Waals surface area (Å²) in [7, 11) is 0. The van der Waals surface area contributed by atoms with Gasteiger partial charge in [0.2, 0.25) is 0 Å². The number of hydrogen-bond donors (Lipinski definition) is 0. The Kier molecular flexibility index (Phi) is 3.13. The molecule has 0 spiro atoms. The molecule has 0 aliphatic heterocycles. The summed E-state index contributed by atoms with van der Waals surface area (Å²) in [5, 5.41) is 9.37. The predicted molar refractivity (Wildman–Crippen MR) is 88.9 cm³/mol. The number of pyridine rings is 1. The van der Waals surface area contributed by atoms with Gasteiger partial charge in [-0.2, -0.15) is 0 Å². The van der Waals surface area contributed by atoms with E-state index in [4.69, 9.17) is 11.6 Å². The standard InChI is InChI=1S/C18H12ClN3/c19-15-11-16(13-7-3-1-4-8-13)18-21-20-17(22(18)12-15)14-9-5-2-6-10-14/h1-12H. The molecule has 4 heteroatoms. The average molecular weight is 306 g/mol. The van der Waals surface area contributed by atoms with E-state index in [0.717, 1.165) is 28.2 Å². The second kappa shape index (κ2) is 5.28. The van der Waals surface area contributed by atoms with E-state index in [2.05, 4.69) is 10.2 Å². The first-order valence-electron chi connectivity index (χ1n) is 6.98. The Hall–Kier alpha value is -2.65. The third-order valence-electron chi connectivity index (χ3n) is 3.59. The number of aromatic nitrogens is 3. The highest BCUT2D eigenvalue weighted by atomic mass is 35.5. The molecule has 4 aromatic rings. The molecule has 0 aliphatic rings. The van der Waals surface area contributed by atoms with Crippen LogP contribution in [-0.4, -0.2) is 14.6 Å². The maximum absolute atomic E-state index is 6.31. The number of nitrogens with zero attached hydrogens (tertiary/aromatic N) is 3. The van der Waals surface area contributed by atoms with Crippen LogP contribution >= 0.6 is 11.6 Å². The fourth-order valence-electron chi connectivity index (χ4n) is 2.57. The lowest BCUT2D eigenvalue weighted by Gasteiger charge is -2.06. The number of hydrogen-bond acceptors (Lipinski definition) is 2. The van der Waals surface area contributed by atoms with Crippen LogP contribution in [0.25, 0.3) is 28.2 Å². The first-order valence-corrected chi connectivity index (χ1v) is 7.36. The minimum absolute atomic E-state index is 0.656. The molecule has 0 saturated carbocycles. The van der Waals surface area contributed by atoms with Crippen molar-refractivity contribution in [2.75, 3.05) is 0 Å². The third-order valence-corrected chi connectivity index (χ3v) is 3.79. The average Bonchev–Trinajstić information content (AvgIpc) is 2.99. The van der Waals surface area contributed by atoms with Crippen LogP contribution in [0.2, 0.25) is 5.02 Å². The van der Waals surface area contributed by atoms with Crippen molar-refractivity contribution in [3.63, 3.8) is 0 Å². The normalized spacial score (nSPS) is 11.0. The van der Waals surface area contributed by atoms with Crippen LogP contribution in [-0.2, 0) is 0 Å². The van der Waals surface area contributed by atoms with Gasteiger partial charge in [-0.3, -0.25) is 4.40 Å². The minimum Gasteiger partial charge on any atom is -0.280 e. The lowest BCUT2D eigenvalue weighted by Crippen LogP contribution is -1.92. The zero-order chi connectivity index (χ0) is 14.9. The van der Waals surface area contributed by atoms with Crippen LogP contribution in [0.4, 0.5) is 0 Å². The van der Waals surface area contributed by atoms with Crippen LogP contribution in [0, 0.1) is 0 Å². The van der Waals surface area contributed by atoms with Crippen LogP contribution in [0.5, 0.6) is 0 Å². The highest BCUT2D eigenvalue weighted by Crippen LogP contribution is 2.29. The molecule has 0 bridgehead atoms. The van der Waals surface area contributed by atoms with Crippen LogP contribution < -0.4 is 0 Å². The molecule has 0 unspecified atom stereocenters. The maximum Gasteiger partial charge on any atom is 0.169 e. The monoisotopic (exact) mass is 305 g/mol. The number of benzene rings is 2. The van der Waals surface area contributed by atoms with Gasteiger partial charge in [-0.15, -0.1) is 10.2 Å². The van der Waals surface area contributed by atoms with Gasteiger partial charge in [-0.25, -0.2) is 0 Å². The lowest BCUT2D eigenvalue weighted by molar-refractivity contribution is 1.11. The zero-order valence-electron chi connectivity index (χ0n) is 11.6. The summed E-state index contributed by atoms with van der Waals surface area (Å²) in [4.78, 5) is 0. The topological polar surface area (TPSA) is 30.2 Å². The number of halogens is 1. The summed E-state index contributed by atoms with van der Waals surface area (Å²) < 4.78 is 1.94. The van der Waals surface area contributed by atoms with Gasteiger partial charge in [0.25, 0.3) is 0 Å². The molecule has 3 nitrogen and oxygen atoms in total. The highest BCUT2D eigenvalue weighted by molar-refractivity contribution is 6.31. The van der Waals surface area contributed by atoms with E-state index in [-0.39, 0.29) is 0 Å². The van der Waals surface area contributed by atoms with Crippen molar-refractivity contribution in [1.29, 1.82) is 0 Å². The molecule has 2 heterocycles. The Morgan fingerprint density at radius 3 is 2.09 bits per heavy atom. The van der Waals surface area contributed by atoms with Crippen molar-refractivity contribution in [3.8, 4) is 22.5 Å². The van der Waals surface area contributed by atoms with E-state index in [1.54, 1.807) is 0 Å². The van der Waals surface area contributed by atoms with Crippen molar-refractivity contribution in [2.45, 2.75) is 0 Å². The van der Waals surface area contributed by atoms with E-state index < -0.39 is 0 Å². The number of rotatable bonds is 2. The van der Waals surface area contributed by atoms with E-state index in [9.17, 15) is 0 Å². The summed E-state index contributed by atoms with van der Waals surface area (Å²) in [6.45, 7) is 0.